The Bertz CT molecular complexity index is 472. The van der Waals surface area contributed by atoms with Crippen LogP contribution in [0, 0.1) is 0 Å². The van der Waals surface area contributed by atoms with E-state index < -0.39 is 19.7 Å². The van der Waals surface area contributed by atoms with Gasteiger partial charge in [-0.05, 0) is 24.3 Å². The van der Waals surface area contributed by atoms with Gasteiger partial charge in [0.1, 0.15) is 0 Å². The summed E-state index contributed by atoms with van der Waals surface area (Å²) in [7, 11) is -6.52. The van der Waals surface area contributed by atoms with E-state index in [2.05, 4.69) is 0 Å². The van der Waals surface area contributed by atoms with Crippen molar-refractivity contribution in [2.75, 3.05) is 12.5 Å². The van der Waals surface area contributed by atoms with Crippen LogP contribution in [0.4, 0.5) is 0 Å². The summed E-state index contributed by atoms with van der Waals surface area (Å²) in [6, 6.07) is 5.13. The van der Waals surface area contributed by atoms with Crippen LogP contribution in [0.5, 0.6) is 0 Å². The molecule has 0 aliphatic carbocycles. The number of sulfone groups is 2. The zero-order valence-electron chi connectivity index (χ0n) is 7.76. The van der Waals surface area contributed by atoms with Gasteiger partial charge in [0.15, 0.2) is 19.7 Å². The van der Waals surface area contributed by atoms with Crippen LogP contribution in [0.25, 0.3) is 0 Å². The van der Waals surface area contributed by atoms with Gasteiger partial charge in [0.05, 0.1) is 9.79 Å². The molecule has 1 aromatic rings. The van der Waals surface area contributed by atoms with Gasteiger partial charge >= 0.3 is 0 Å². The van der Waals surface area contributed by atoms with E-state index in [1.165, 1.54) is 24.3 Å². The molecule has 14 heavy (non-hydrogen) atoms. The first-order chi connectivity index (χ1) is 6.21. The SMILES string of the molecule is CS(=O)(=O)c1ccc(S(C)(=O)=O)cc1. The van der Waals surface area contributed by atoms with Gasteiger partial charge in [-0.15, -0.1) is 0 Å². The highest BCUT2D eigenvalue weighted by atomic mass is 32.2. The minimum atomic E-state index is -3.26. The van der Waals surface area contributed by atoms with Crippen LogP contribution in [0.1, 0.15) is 0 Å². The Morgan fingerprint density at radius 2 is 0.929 bits per heavy atom. The van der Waals surface area contributed by atoms with E-state index in [1.54, 1.807) is 0 Å². The molecule has 0 saturated carbocycles. The van der Waals surface area contributed by atoms with E-state index >= 15 is 0 Å². The van der Waals surface area contributed by atoms with Crippen LogP contribution < -0.4 is 0 Å². The monoisotopic (exact) mass is 234 g/mol. The van der Waals surface area contributed by atoms with Gasteiger partial charge in [-0.3, -0.25) is 0 Å². The predicted octanol–water partition coefficient (Wildman–Crippen LogP) is 0.494. The lowest BCUT2D eigenvalue weighted by Crippen LogP contribution is -2.00. The van der Waals surface area contributed by atoms with Gasteiger partial charge in [0.25, 0.3) is 0 Å². The lowest BCUT2D eigenvalue weighted by Gasteiger charge is -2.00. The van der Waals surface area contributed by atoms with Crippen molar-refractivity contribution in [2.45, 2.75) is 9.79 Å². The first-order valence-electron chi connectivity index (χ1n) is 3.71. The van der Waals surface area contributed by atoms with Crippen molar-refractivity contribution in [3.05, 3.63) is 24.3 Å². The molecular formula is C8H10O4S2. The summed E-state index contributed by atoms with van der Waals surface area (Å²) >= 11 is 0. The third-order valence-corrected chi connectivity index (χ3v) is 3.94. The van der Waals surface area contributed by atoms with E-state index in [4.69, 9.17) is 0 Å². The molecule has 0 heterocycles. The molecule has 4 nitrogen and oxygen atoms in total. The van der Waals surface area contributed by atoms with E-state index in [9.17, 15) is 16.8 Å². The topological polar surface area (TPSA) is 68.3 Å². The average molecular weight is 234 g/mol. The first kappa shape index (κ1) is 11.2. The largest absolute Gasteiger partial charge is 0.224 e. The van der Waals surface area contributed by atoms with Crippen LogP contribution in [0.3, 0.4) is 0 Å². The Balaban J connectivity index is 3.28. The molecule has 0 spiro atoms. The molecule has 6 heteroatoms. The summed E-state index contributed by atoms with van der Waals surface area (Å²) < 4.78 is 44.2. The Hall–Kier alpha value is -0.880. The van der Waals surface area contributed by atoms with Crippen molar-refractivity contribution in [1.82, 2.24) is 0 Å². The van der Waals surface area contributed by atoms with Gasteiger partial charge in [-0.25, -0.2) is 16.8 Å². The predicted molar refractivity (Wildman–Crippen MR) is 52.7 cm³/mol. The molecule has 0 aromatic heterocycles. The summed E-state index contributed by atoms with van der Waals surface area (Å²) in [6.07, 6.45) is 2.14. The summed E-state index contributed by atoms with van der Waals surface area (Å²) in [5, 5.41) is 0. The highest BCUT2D eigenvalue weighted by Crippen LogP contribution is 2.13. The van der Waals surface area contributed by atoms with E-state index in [1.807, 2.05) is 0 Å². The number of benzene rings is 1. The second kappa shape index (κ2) is 3.36. The third-order valence-electron chi connectivity index (χ3n) is 1.68. The zero-order valence-corrected chi connectivity index (χ0v) is 9.39. The maximum absolute atomic E-state index is 11.0. The molecule has 0 fully saturated rings. The van der Waals surface area contributed by atoms with Gasteiger partial charge in [0.2, 0.25) is 0 Å². The molecule has 0 atom stereocenters. The number of hydrogen-bond acceptors (Lipinski definition) is 4. The fourth-order valence-electron chi connectivity index (χ4n) is 0.934. The lowest BCUT2D eigenvalue weighted by molar-refractivity contribution is 0.598. The van der Waals surface area contributed by atoms with E-state index in [-0.39, 0.29) is 9.79 Å². The summed E-state index contributed by atoms with van der Waals surface area (Å²) in [4.78, 5) is 0.231. The molecular weight excluding hydrogens is 224 g/mol. The molecule has 1 aromatic carbocycles. The number of rotatable bonds is 2. The second-order valence-electron chi connectivity index (χ2n) is 3.02. The fraction of sp³-hybridized carbons (Fsp3) is 0.250. The smallest absolute Gasteiger partial charge is 0.175 e. The Labute approximate surface area is 83.4 Å². The first-order valence-corrected chi connectivity index (χ1v) is 7.50. The van der Waals surface area contributed by atoms with Gasteiger partial charge in [-0.1, -0.05) is 0 Å². The van der Waals surface area contributed by atoms with Crippen molar-refractivity contribution in [2.24, 2.45) is 0 Å². The minimum absolute atomic E-state index is 0.116. The highest BCUT2D eigenvalue weighted by molar-refractivity contribution is 7.91. The van der Waals surface area contributed by atoms with Gasteiger partial charge in [-0.2, -0.15) is 0 Å². The Morgan fingerprint density at radius 3 is 1.07 bits per heavy atom. The van der Waals surface area contributed by atoms with Crippen molar-refractivity contribution in [1.29, 1.82) is 0 Å². The molecule has 1 rings (SSSR count). The van der Waals surface area contributed by atoms with Crippen molar-refractivity contribution >= 4 is 19.7 Å². The van der Waals surface area contributed by atoms with Crippen LogP contribution in [-0.2, 0) is 19.7 Å². The second-order valence-corrected chi connectivity index (χ2v) is 7.05. The molecule has 0 bridgehead atoms. The molecule has 0 aliphatic rings. The average Bonchev–Trinajstić information content (AvgIpc) is 2.01. The molecule has 78 valence electrons. The maximum atomic E-state index is 11.0. The minimum Gasteiger partial charge on any atom is -0.224 e. The Kier molecular flexibility index (Phi) is 2.69. The molecule has 0 N–H and O–H groups in total. The maximum Gasteiger partial charge on any atom is 0.175 e. The highest BCUT2D eigenvalue weighted by Gasteiger charge is 2.10. The lowest BCUT2D eigenvalue weighted by atomic mass is 10.4. The van der Waals surface area contributed by atoms with Gasteiger partial charge < -0.3 is 0 Å². The quantitative estimate of drug-likeness (QED) is 0.747. The molecule has 0 saturated heterocycles. The molecule has 0 amide bonds. The third kappa shape index (κ3) is 2.55. The molecule has 0 aliphatic heterocycles. The normalized spacial score (nSPS) is 12.7. The van der Waals surface area contributed by atoms with E-state index in [0.717, 1.165) is 12.5 Å². The zero-order chi connectivity index (χ0) is 11.0. The van der Waals surface area contributed by atoms with Crippen LogP contribution in [-0.4, -0.2) is 29.3 Å². The van der Waals surface area contributed by atoms with Crippen LogP contribution >= 0.6 is 0 Å². The van der Waals surface area contributed by atoms with Crippen molar-refractivity contribution in [3.8, 4) is 0 Å². The summed E-state index contributed by atoms with van der Waals surface area (Å²) in [6.45, 7) is 0. The number of hydrogen-bond donors (Lipinski definition) is 0. The molecule has 0 radical (unpaired) electrons. The van der Waals surface area contributed by atoms with Crippen molar-refractivity contribution < 1.29 is 16.8 Å². The van der Waals surface area contributed by atoms with Crippen molar-refractivity contribution in [3.63, 3.8) is 0 Å². The van der Waals surface area contributed by atoms with E-state index in [0.29, 0.717) is 0 Å². The Morgan fingerprint density at radius 1 is 0.714 bits per heavy atom. The van der Waals surface area contributed by atoms with Crippen LogP contribution in [0.2, 0.25) is 0 Å². The fourth-order valence-corrected chi connectivity index (χ4v) is 2.19. The molecule has 0 unspecified atom stereocenters. The summed E-state index contributed by atoms with van der Waals surface area (Å²) in [5.41, 5.74) is 0. The van der Waals surface area contributed by atoms with Crippen LogP contribution in [0.15, 0.2) is 34.1 Å². The standard InChI is InChI=1S/C8H10O4S2/c1-13(9,10)7-3-5-8(6-4-7)14(2,11)12/h3-6H,1-2H3. The van der Waals surface area contributed by atoms with Gasteiger partial charge in [0, 0.05) is 12.5 Å². The summed E-state index contributed by atoms with van der Waals surface area (Å²) in [5.74, 6) is 0.